The molecule has 2 unspecified atom stereocenters. The van der Waals surface area contributed by atoms with E-state index in [1.165, 1.54) is 0 Å². The third kappa shape index (κ3) is 1.81. The lowest BCUT2D eigenvalue weighted by molar-refractivity contribution is 0.321. The molecular formula is C5H10N2S2. The maximum absolute atomic E-state index is 5.61. The van der Waals surface area contributed by atoms with Crippen molar-refractivity contribution in [3.8, 4) is 0 Å². The highest BCUT2D eigenvalue weighted by Gasteiger charge is 2.26. The third-order valence-electron chi connectivity index (χ3n) is 1.64. The molecule has 1 saturated carbocycles. The Morgan fingerprint density at radius 2 is 2.33 bits per heavy atom. The normalized spacial score (nSPS) is 33.1. The zero-order valence-corrected chi connectivity index (χ0v) is 6.71. The Labute approximate surface area is 65.6 Å². The first kappa shape index (κ1) is 7.31. The highest BCUT2D eigenvalue weighted by molar-refractivity contribution is 8.11. The van der Waals surface area contributed by atoms with Gasteiger partial charge in [0.1, 0.15) is 4.32 Å². The summed E-state index contributed by atoms with van der Waals surface area (Å²) < 4.78 is 0.551. The van der Waals surface area contributed by atoms with Crippen molar-refractivity contribution in [2.75, 3.05) is 0 Å². The van der Waals surface area contributed by atoms with E-state index in [1.54, 1.807) is 0 Å². The molecule has 3 N–H and O–H groups in total. The quantitative estimate of drug-likeness (QED) is 0.383. The van der Waals surface area contributed by atoms with Gasteiger partial charge in [-0.1, -0.05) is 12.2 Å². The lowest BCUT2D eigenvalue weighted by Crippen LogP contribution is -2.53. The van der Waals surface area contributed by atoms with E-state index in [1.807, 2.05) is 0 Å². The molecule has 0 heterocycles. The molecule has 2 atom stereocenters. The predicted octanol–water partition coefficient (Wildman–Crippen LogP) is 0.280. The van der Waals surface area contributed by atoms with E-state index in [2.05, 4.69) is 17.9 Å². The molecule has 2 nitrogen and oxygen atoms in total. The van der Waals surface area contributed by atoms with E-state index < -0.39 is 0 Å². The van der Waals surface area contributed by atoms with E-state index in [9.17, 15) is 0 Å². The van der Waals surface area contributed by atoms with Gasteiger partial charge in [0.25, 0.3) is 0 Å². The Hall–Kier alpha value is 0.200. The second kappa shape index (κ2) is 2.86. The van der Waals surface area contributed by atoms with Crippen LogP contribution < -0.4 is 11.1 Å². The number of hydrogen-bond acceptors (Lipinski definition) is 2. The number of nitrogens with one attached hydrogen (secondary N) is 1. The van der Waals surface area contributed by atoms with Crippen molar-refractivity contribution in [3.05, 3.63) is 0 Å². The Kier molecular flexibility index (Phi) is 2.32. The van der Waals surface area contributed by atoms with Crippen molar-refractivity contribution in [2.24, 2.45) is 5.73 Å². The molecule has 1 fully saturated rings. The van der Waals surface area contributed by atoms with Gasteiger partial charge < -0.3 is 11.1 Å². The number of thiocarbonyl (C=S) groups is 1. The lowest BCUT2D eigenvalue weighted by atomic mass is 9.87. The fourth-order valence-electron chi connectivity index (χ4n) is 0.864. The number of rotatable bonds is 1. The Balaban J connectivity index is 2.21. The van der Waals surface area contributed by atoms with Crippen molar-refractivity contribution >= 4 is 29.2 Å². The van der Waals surface area contributed by atoms with Gasteiger partial charge in [0, 0.05) is 12.1 Å². The Bertz CT molecular complexity index is 126. The van der Waals surface area contributed by atoms with Gasteiger partial charge in [0.05, 0.1) is 0 Å². The molecule has 1 rings (SSSR count). The van der Waals surface area contributed by atoms with Crippen LogP contribution in [0.25, 0.3) is 0 Å². The number of nitrogens with two attached hydrogens (primary N) is 1. The summed E-state index contributed by atoms with van der Waals surface area (Å²) in [5.41, 5.74) is 5.61. The van der Waals surface area contributed by atoms with Crippen LogP contribution in [0.2, 0.25) is 0 Å². The highest BCUT2D eigenvalue weighted by atomic mass is 32.1. The van der Waals surface area contributed by atoms with Crippen LogP contribution in [0.15, 0.2) is 0 Å². The minimum Gasteiger partial charge on any atom is -0.367 e. The van der Waals surface area contributed by atoms with Crippen LogP contribution in [-0.2, 0) is 0 Å². The summed E-state index contributed by atoms with van der Waals surface area (Å²) in [6.45, 7) is 0. The van der Waals surface area contributed by atoms with Gasteiger partial charge in [0.15, 0.2) is 0 Å². The molecule has 0 aromatic heterocycles. The van der Waals surface area contributed by atoms with Crippen molar-refractivity contribution in [2.45, 2.75) is 24.9 Å². The van der Waals surface area contributed by atoms with E-state index in [4.69, 9.17) is 18.0 Å². The Morgan fingerprint density at radius 3 is 2.44 bits per heavy atom. The van der Waals surface area contributed by atoms with E-state index in [0.29, 0.717) is 10.4 Å². The fourth-order valence-corrected chi connectivity index (χ4v) is 1.18. The molecule has 0 spiro atoms. The molecule has 4 heteroatoms. The smallest absolute Gasteiger partial charge is 0.130 e. The summed E-state index contributed by atoms with van der Waals surface area (Å²) >= 11 is 8.65. The summed E-state index contributed by atoms with van der Waals surface area (Å²) in [6, 6.07) is 0.671. The van der Waals surface area contributed by atoms with Gasteiger partial charge in [-0.3, -0.25) is 0 Å². The molecule has 0 aromatic rings. The van der Waals surface area contributed by atoms with E-state index in [-0.39, 0.29) is 6.04 Å². The summed E-state index contributed by atoms with van der Waals surface area (Å²) in [4.78, 5) is 0. The van der Waals surface area contributed by atoms with Crippen LogP contribution in [0.5, 0.6) is 0 Å². The largest absolute Gasteiger partial charge is 0.367 e. The molecule has 1 aliphatic rings. The second-order valence-electron chi connectivity index (χ2n) is 2.30. The van der Waals surface area contributed by atoms with Crippen LogP contribution in [-0.4, -0.2) is 16.4 Å². The van der Waals surface area contributed by atoms with Crippen LogP contribution >= 0.6 is 24.8 Å². The van der Waals surface area contributed by atoms with Gasteiger partial charge >= 0.3 is 0 Å². The summed E-state index contributed by atoms with van der Waals surface area (Å²) in [5.74, 6) is 0. The molecule has 0 aliphatic heterocycles. The Morgan fingerprint density at radius 1 is 1.67 bits per heavy atom. The average molecular weight is 162 g/mol. The summed E-state index contributed by atoms with van der Waals surface area (Å²) in [6.07, 6.45) is 2.23. The number of hydrogen-bond donors (Lipinski definition) is 3. The van der Waals surface area contributed by atoms with Crippen molar-refractivity contribution in [1.29, 1.82) is 0 Å². The molecule has 0 aromatic carbocycles. The maximum atomic E-state index is 5.61. The molecule has 0 radical (unpaired) electrons. The van der Waals surface area contributed by atoms with Crippen LogP contribution in [0.3, 0.4) is 0 Å². The maximum Gasteiger partial charge on any atom is 0.130 e. The first-order chi connectivity index (χ1) is 4.20. The standard InChI is InChI=1S/C5H10N2S2/c6-3-1-2-4(3)7-5(8)9/h3-4H,1-2,6H2,(H2,7,8,9). The molecular weight excluding hydrogens is 152 g/mol. The van der Waals surface area contributed by atoms with Gasteiger partial charge in [-0.2, -0.15) is 0 Å². The summed E-state index contributed by atoms with van der Waals surface area (Å²) in [5, 5.41) is 3.00. The van der Waals surface area contributed by atoms with Gasteiger partial charge in [-0.15, -0.1) is 12.6 Å². The fraction of sp³-hybridized carbons (Fsp3) is 0.800. The van der Waals surface area contributed by atoms with Gasteiger partial charge in [-0.05, 0) is 12.8 Å². The van der Waals surface area contributed by atoms with Crippen molar-refractivity contribution < 1.29 is 0 Å². The first-order valence-corrected chi connectivity index (χ1v) is 3.81. The molecule has 52 valence electrons. The minimum absolute atomic E-state index is 0.287. The SMILES string of the molecule is NC1CCC1NC(=S)S. The minimum atomic E-state index is 0.287. The molecule has 0 saturated heterocycles. The van der Waals surface area contributed by atoms with E-state index >= 15 is 0 Å². The van der Waals surface area contributed by atoms with Crippen molar-refractivity contribution in [3.63, 3.8) is 0 Å². The van der Waals surface area contributed by atoms with E-state index in [0.717, 1.165) is 12.8 Å². The van der Waals surface area contributed by atoms with Crippen LogP contribution in [0, 0.1) is 0 Å². The predicted molar refractivity (Wildman–Crippen MR) is 45.7 cm³/mol. The lowest BCUT2D eigenvalue weighted by Gasteiger charge is -2.34. The molecule has 0 bridgehead atoms. The number of thiol groups is 1. The zero-order valence-electron chi connectivity index (χ0n) is 5.00. The average Bonchev–Trinajstić information content (AvgIpc) is 1.79. The highest BCUT2D eigenvalue weighted by Crippen LogP contribution is 2.17. The zero-order chi connectivity index (χ0) is 6.85. The molecule has 0 amide bonds. The summed E-state index contributed by atoms with van der Waals surface area (Å²) in [7, 11) is 0. The van der Waals surface area contributed by atoms with Gasteiger partial charge in [0.2, 0.25) is 0 Å². The van der Waals surface area contributed by atoms with Crippen molar-refractivity contribution in [1.82, 2.24) is 5.32 Å². The van der Waals surface area contributed by atoms with Gasteiger partial charge in [-0.25, -0.2) is 0 Å². The first-order valence-electron chi connectivity index (χ1n) is 2.95. The second-order valence-corrected chi connectivity index (χ2v) is 3.46. The van der Waals surface area contributed by atoms with Crippen LogP contribution in [0.1, 0.15) is 12.8 Å². The topological polar surface area (TPSA) is 38.0 Å². The van der Waals surface area contributed by atoms with Crippen LogP contribution in [0.4, 0.5) is 0 Å². The molecule has 9 heavy (non-hydrogen) atoms. The monoisotopic (exact) mass is 162 g/mol. The third-order valence-corrected chi connectivity index (χ3v) is 1.88. The molecule has 1 aliphatic carbocycles.